The maximum Gasteiger partial charge on any atom is 0.122 e. The second-order valence-corrected chi connectivity index (χ2v) is 5.18. The van der Waals surface area contributed by atoms with Crippen molar-refractivity contribution in [3.8, 4) is 5.75 Å². The Labute approximate surface area is 112 Å². The summed E-state index contributed by atoms with van der Waals surface area (Å²) in [7, 11) is 1.73. The van der Waals surface area contributed by atoms with Crippen LogP contribution in [0.1, 0.15) is 29.4 Å². The average Bonchev–Trinajstić information content (AvgIpc) is 3.20. The van der Waals surface area contributed by atoms with Crippen LogP contribution in [-0.2, 0) is 0 Å². The average molecular weight is 259 g/mol. The zero-order valence-electron chi connectivity index (χ0n) is 10.3. The molecule has 1 aliphatic carbocycles. The molecule has 0 radical (unpaired) electrons. The summed E-state index contributed by atoms with van der Waals surface area (Å²) in [6, 6.07) is 16.5. The number of halogens is 1. The van der Waals surface area contributed by atoms with Crippen LogP contribution in [0.15, 0.2) is 48.5 Å². The molecule has 0 spiro atoms. The molecule has 2 aromatic carbocycles. The predicted molar refractivity (Wildman–Crippen MR) is 74.5 cm³/mol. The van der Waals surface area contributed by atoms with Gasteiger partial charge in [-0.15, -0.1) is 0 Å². The number of hydrogen-bond donors (Lipinski definition) is 0. The third-order valence-electron chi connectivity index (χ3n) is 3.63. The first-order valence-corrected chi connectivity index (χ1v) is 6.56. The molecule has 1 fully saturated rings. The van der Waals surface area contributed by atoms with Gasteiger partial charge in [-0.25, -0.2) is 0 Å². The minimum atomic E-state index is 0.585. The summed E-state index contributed by atoms with van der Waals surface area (Å²) in [5.41, 5.74) is 2.69. The van der Waals surface area contributed by atoms with Crippen molar-refractivity contribution in [3.05, 3.63) is 64.7 Å². The molecule has 0 heterocycles. The first kappa shape index (κ1) is 11.6. The van der Waals surface area contributed by atoms with Gasteiger partial charge in [0.2, 0.25) is 0 Å². The van der Waals surface area contributed by atoms with E-state index in [4.69, 9.17) is 16.3 Å². The van der Waals surface area contributed by atoms with Gasteiger partial charge in [-0.2, -0.15) is 0 Å². The van der Waals surface area contributed by atoms with E-state index in [1.165, 1.54) is 17.5 Å². The maximum atomic E-state index is 5.92. The molecule has 1 aliphatic rings. The van der Waals surface area contributed by atoms with Crippen molar-refractivity contribution >= 4 is 11.6 Å². The zero-order chi connectivity index (χ0) is 12.5. The molecule has 18 heavy (non-hydrogen) atoms. The quantitative estimate of drug-likeness (QED) is 0.781. The molecular weight excluding hydrogens is 244 g/mol. The van der Waals surface area contributed by atoms with Crippen LogP contribution < -0.4 is 4.74 Å². The van der Waals surface area contributed by atoms with Crippen molar-refractivity contribution in [1.82, 2.24) is 0 Å². The fraction of sp³-hybridized carbons (Fsp3) is 0.250. The van der Waals surface area contributed by atoms with Crippen molar-refractivity contribution in [2.24, 2.45) is 0 Å². The lowest BCUT2D eigenvalue weighted by atomic mass is 10.0. The van der Waals surface area contributed by atoms with Crippen LogP contribution in [-0.4, -0.2) is 7.11 Å². The Morgan fingerprint density at radius 3 is 2.44 bits per heavy atom. The lowest BCUT2D eigenvalue weighted by Crippen LogP contribution is -1.90. The van der Waals surface area contributed by atoms with E-state index in [0.29, 0.717) is 11.8 Å². The molecule has 0 aliphatic heterocycles. The standard InChI is InChI=1S/C16H15ClO/c1-18-16-5-3-2-4-13(16)15-10-14(15)11-6-8-12(17)9-7-11/h2-9,14-15H,10H2,1H3/t14-,15+/m1/s1. The highest BCUT2D eigenvalue weighted by Crippen LogP contribution is 2.56. The third kappa shape index (κ3) is 2.11. The number of para-hydroxylation sites is 1. The molecule has 0 saturated heterocycles. The number of ether oxygens (including phenoxy) is 1. The fourth-order valence-corrected chi connectivity index (χ4v) is 2.72. The van der Waals surface area contributed by atoms with Gasteiger partial charge < -0.3 is 4.74 Å². The minimum Gasteiger partial charge on any atom is -0.496 e. The molecular formula is C16H15ClO. The van der Waals surface area contributed by atoms with E-state index in [1.807, 2.05) is 24.3 Å². The predicted octanol–water partition coefficient (Wildman–Crippen LogP) is 4.62. The number of benzene rings is 2. The summed E-state index contributed by atoms with van der Waals surface area (Å²) in [6.45, 7) is 0. The summed E-state index contributed by atoms with van der Waals surface area (Å²) in [6.07, 6.45) is 1.20. The second kappa shape index (κ2) is 4.66. The van der Waals surface area contributed by atoms with Crippen molar-refractivity contribution in [2.75, 3.05) is 7.11 Å². The molecule has 2 aromatic rings. The van der Waals surface area contributed by atoms with Crippen LogP contribution in [0, 0.1) is 0 Å². The van der Waals surface area contributed by atoms with Gasteiger partial charge >= 0.3 is 0 Å². The molecule has 3 rings (SSSR count). The Morgan fingerprint density at radius 1 is 1.00 bits per heavy atom. The molecule has 2 heteroatoms. The van der Waals surface area contributed by atoms with E-state index in [2.05, 4.69) is 24.3 Å². The van der Waals surface area contributed by atoms with E-state index >= 15 is 0 Å². The van der Waals surface area contributed by atoms with Gasteiger partial charge in [0.05, 0.1) is 7.11 Å². The van der Waals surface area contributed by atoms with E-state index in [1.54, 1.807) is 7.11 Å². The van der Waals surface area contributed by atoms with Crippen LogP contribution in [0.3, 0.4) is 0 Å². The first-order chi connectivity index (χ1) is 8.79. The monoisotopic (exact) mass is 258 g/mol. The summed E-state index contributed by atoms with van der Waals surface area (Å²) in [5, 5.41) is 0.799. The second-order valence-electron chi connectivity index (χ2n) is 4.74. The number of hydrogen-bond acceptors (Lipinski definition) is 1. The van der Waals surface area contributed by atoms with Gasteiger partial charge in [-0.1, -0.05) is 41.9 Å². The summed E-state index contributed by atoms with van der Waals surface area (Å²) in [5.74, 6) is 2.19. The van der Waals surface area contributed by atoms with Crippen LogP contribution in [0.5, 0.6) is 5.75 Å². The Hall–Kier alpha value is -1.47. The van der Waals surface area contributed by atoms with E-state index in [0.717, 1.165) is 10.8 Å². The van der Waals surface area contributed by atoms with E-state index in [9.17, 15) is 0 Å². The lowest BCUT2D eigenvalue weighted by Gasteiger charge is -2.07. The number of methoxy groups -OCH3 is 1. The van der Waals surface area contributed by atoms with Crippen LogP contribution in [0.25, 0.3) is 0 Å². The van der Waals surface area contributed by atoms with Crippen molar-refractivity contribution in [3.63, 3.8) is 0 Å². The van der Waals surface area contributed by atoms with Gasteiger partial charge in [-0.3, -0.25) is 0 Å². The van der Waals surface area contributed by atoms with Crippen LogP contribution >= 0.6 is 11.6 Å². The Balaban J connectivity index is 1.83. The van der Waals surface area contributed by atoms with E-state index < -0.39 is 0 Å². The first-order valence-electron chi connectivity index (χ1n) is 6.18. The smallest absolute Gasteiger partial charge is 0.122 e. The Morgan fingerprint density at radius 2 is 1.72 bits per heavy atom. The summed E-state index contributed by atoms with van der Waals surface area (Å²) >= 11 is 5.92. The summed E-state index contributed by atoms with van der Waals surface area (Å²) in [4.78, 5) is 0. The molecule has 92 valence electrons. The molecule has 0 aromatic heterocycles. The molecule has 0 unspecified atom stereocenters. The minimum absolute atomic E-state index is 0.585. The summed E-state index contributed by atoms with van der Waals surface area (Å²) < 4.78 is 5.43. The lowest BCUT2D eigenvalue weighted by molar-refractivity contribution is 0.409. The molecule has 1 nitrogen and oxygen atoms in total. The molecule has 0 bridgehead atoms. The van der Waals surface area contributed by atoms with Crippen LogP contribution in [0.4, 0.5) is 0 Å². The SMILES string of the molecule is COc1ccccc1[C@@H]1C[C@@H]1c1ccc(Cl)cc1. The van der Waals surface area contributed by atoms with Crippen molar-refractivity contribution < 1.29 is 4.74 Å². The Kier molecular flexibility index (Phi) is 3.00. The highest BCUT2D eigenvalue weighted by atomic mass is 35.5. The number of rotatable bonds is 3. The van der Waals surface area contributed by atoms with Gasteiger partial charge in [-0.05, 0) is 47.6 Å². The van der Waals surface area contributed by atoms with Gasteiger partial charge in [0.25, 0.3) is 0 Å². The highest BCUT2D eigenvalue weighted by Gasteiger charge is 2.40. The maximum absolute atomic E-state index is 5.92. The van der Waals surface area contributed by atoms with Gasteiger partial charge in [0, 0.05) is 5.02 Å². The fourth-order valence-electron chi connectivity index (χ4n) is 2.59. The van der Waals surface area contributed by atoms with Crippen molar-refractivity contribution in [1.29, 1.82) is 0 Å². The van der Waals surface area contributed by atoms with Crippen LogP contribution in [0.2, 0.25) is 5.02 Å². The topological polar surface area (TPSA) is 9.23 Å². The zero-order valence-corrected chi connectivity index (χ0v) is 11.0. The molecule has 0 amide bonds. The third-order valence-corrected chi connectivity index (χ3v) is 3.88. The largest absolute Gasteiger partial charge is 0.496 e. The normalized spacial score (nSPS) is 21.7. The van der Waals surface area contributed by atoms with Gasteiger partial charge in [0.15, 0.2) is 0 Å². The van der Waals surface area contributed by atoms with E-state index in [-0.39, 0.29) is 0 Å². The molecule has 0 N–H and O–H groups in total. The Bertz CT molecular complexity index is 547. The van der Waals surface area contributed by atoms with Gasteiger partial charge in [0.1, 0.15) is 5.75 Å². The molecule has 1 saturated carbocycles. The highest BCUT2D eigenvalue weighted by molar-refractivity contribution is 6.30. The van der Waals surface area contributed by atoms with Crippen molar-refractivity contribution in [2.45, 2.75) is 18.3 Å². The molecule has 2 atom stereocenters.